The van der Waals surface area contributed by atoms with Gasteiger partial charge in [-0.3, -0.25) is 0 Å². The fourth-order valence-corrected chi connectivity index (χ4v) is 3.68. The molecule has 3 rings (SSSR count). The van der Waals surface area contributed by atoms with Crippen molar-refractivity contribution in [2.24, 2.45) is 0 Å². The van der Waals surface area contributed by atoms with Crippen LogP contribution in [-0.2, 0) is 9.47 Å². The fourth-order valence-electron chi connectivity index (χ4n) is 2.75. The Bertz CT molecular complexity index is 882. The van der Waals surface area contributed by atoms with Crippen LogP contribution in [0.25, 0.3) is 21.0 Å². The van der Waals surface area contributed by atoms with Gasteiger partial charge in [-0.2, -0.15) is 0 Å². The number of hydrogen-bond donors (Lipinski definition) is 0. The van der Waals surface area contributed by atoms with E-state index in [4.69, 9.17) is 14.2 Å². The summed E-state index contributed by atoms with van der Waals surface area (Å²) in [5, 5.41) is 0.977. The van der Waals surface area contributed by atoms with Crippen LogP contribution in [0.3, 0.4) is 0 Å². The molecule has 5 nitrogen and oxygen atoms in total. The SMILES string of the molecule is CN(C)c1ccc(-c2cnc(-c3ccc(OCCOCCOCCF)cc3)s2)cc1. The Hall–Kier alpha value is -2.48. The zero-order valence-corrected chi connectivity index (χ0v) is 18.2. The number of hydrogen-bond acceptors (Lipinski definition) is 6. The molecule has 160 valence electrons. The molecule has 0 radical (unpaired) electrons. The summed E-state index contributed by atoms with van der Waals surface area (Å²) in [4.78, 5) is 7.81. The van der Waals surface area contributed by atoms with Crippen LogP contribution in [0.2, 0.25) is 0 Å². The molecule has 0 aliphatic heterocycles. The van der Waals surface area contributed by atoms with E-state index in [-0.39, 0.29) is 6.61 Å². The van der Waals surface area contributed by atoms with Gasteiger partial charge in [-0.25, -0.2) is 9.37 Å². The van der Waals surface area contributed by atoms with E-state index < -0.39 is 6.67 Å². The summed E-state index contributed by atoms with van der Waals surface area (Å²) < 4.78 is 27.9. The predicted octanol–water partition coefficient (Wildman–Crippen LogP) is 4.92. The number of rotatable bonds is 12. The molecule has 7 heteroatoms. The van der Waals surface area contributed by atoms with Crippen molar-refractivity contribution >= 4 is 17.0 Å². The molecule has 0 unspecified atom stereocenters. The molecule has 0 aliphatic carbocycles. The molecule has 2 aromatic carbocycles. The van der Waals surface area contributed by atoms with Gasteiger partial charge in [-0.05, 0) is 42.0 Å². The summed E-state index contributed by atoms with van der Waals surface area (Å²) >= 11 is 1.67. The third-order valence-corrected chi connectivity index (χ3v) is 5.46. The summed E-state index contributed by atoms with van der Waals surface area (Å²) in [5.74, 6) is 0.784. The molecule has 0 spiro atoms. The first kappa shape index (κ1) is 22.2. The maximum absolute atomic E-state index is 11.9. The average Bonchev–Trinajstić information content (AvgIpc) is 3.26. The van der Waals surface area contributed by atoms with Crippen molar-refractivity contribution in [3.8, 4) is 26.8 Å². The van der Waals surface area contributed by atoms with E-state index in [1.807, 2.05) is 44.6 Å². The van der Waals surface area contributed by atoms with Crippen molar-refractivity contribution in [1.29, 1.82) is 0 Å². The monoisotopic (exact) mass is 430 g/mol. The van der Waals surface area contributed by atoms with E-state index in [0.29, 0.717) is 26.4 Å². The summed E-state index contributed by atoms with van der Waals surface area (Å²) in [6.07, 6.45) is 1.92. The zero-order chi connectivity index (χ0) is 21.2. The van der Waals surface area contributed by atoms with Gasteiger partial charge < -0.3 is 19.1 Å². The highest BCUT2D eigenvalue weighted by Crippen LogP contribution is 2.33. The Morgan fingerprint density at radius 2 is 1.47 bits per heavy atom. The molecular weight excluding hydrogens is 403 g/mol. The first-order chi connectivity index (χ1) is 14.7. The smallest absolute Gasteiger partial charge is 0.123 e. The molecule has 0 saturated carbocycles. The minimum Gasteiger partial charge on any atom is -0.491 e. The van der Waals surface area contributed by atoms with Gasteiger partial charge in [0.15, 0.2) is 0 Å². The van der Waals surface area contributed by atoms with Crippen LogP contribution in [0, 0.1) is 0 Å². The summed E-state index contributed by atoms with van der Waals surface area (Å²) in [6.45, 7) is 1.40. The highest BCUT2D eigenvalue weighted by Gasteiger charge is 2.07. The quantitative estimate of drug-likeness (QED) is 0.382. The number of thiazole rings is 1. The molecule has 0 bridgehead atoms. The molecule has 0 saturated heterocycles. The van der Waals surface area contributed by atoms with Crippen LogP contribution in [0.15, 0.2) is 54.7 Å². The summed E-state index contributed by atoms with van der Waals surface area (Å²) in [7, 11) is 4.07. The van der Waals surface area contributed by atoms with Crippen molar-refractivity contribution in [2.75, 3.05) is 58.7 Å². The molecular formula is C23H27FN2O3S. The van der Waals surface area contributed by atoms with Gasteiger partial charge in [-0.1, -0.05) is 12.1 Å². The number of alkyl halides is 1. The molecule has 0 atom stereocenters. The first-order valence-corrected chi connectivity index (χ1v) is 10.7. The number of halogens is 1. The lowest BCUT2D eigenvalue weighted by atomic mass is 10.2. The maximum Gasteiger partial charge on any atom is 0.123 e. The van der Waals surface area contributed by atoms with Crippen LogP contribution in [0.4, 0.5) is 10.1 Å². The predicted molar refractivity (Wildman–Crippen MR) is 120 cm³/mol. The molecule has 0 aliphatic rings. The summed E-state index contributed by atoms with van der Waals surface area (Å²) in [6, 6.07) is 16.4. The zero-order valence-electron chi connectivity index (χ0n) is 17.3. The first-order valence-electron chi connectivity index (χ1n) is 9.85. The molecule has 1 heterocycles. The topological polar surface area (TPSA) is 43.8 Å². The lowest BCUT2D eigenvalue weighted by Gasteiger charge is -2.12. The van der Waals surface area contributed by atoms with Gasteiger partial charge in [-0.15, -0.1) is 11.3 Å². The summed E-state index contributed by atoms with van der Waals surface area (Å²) in [5.41, 5.74) is 3.40. The largest absolute Gasteiger partial charge is 0.491 e. The Balaban J connectivity index is 1.48. The molecule has 0 N–H and O–H groups in total. The second-order valence-corrected chi connectivity index (χ2v) is 7.79. The third kappa shape index (κ3) is 6.52. The maximum atomic E-state index is 11.9. The molecule has 30 heavy (non-hydrogen) atoms. The van der Waals surface area contributed by atoms with Crippen molar-refractivity contribution in [3.63, 3.8) is 0 Å². The van der Waals surface area contributed by atoms with Gasteiger partial charge in [0, 0.05) is 31.5 Å². The average molecular weight is 431 g/mol. The number of nitrogens with zero attached hydrogens (tertiary/aromatic N) is 2. The second-order valence-electron chi connectivity index (χ2n) is 6.76. The Morgan fingerprint density at radius 3 is 2.13 bits per heavy atom. The Labute approximate surface area is 181 Å². The van der Waals surface area contributed by atoms with Crippen LogP contribution in [-0.4, -0.2) is 58.8 Å². The van der Waals surface area contributed by atoms with E-state index in [1.54, 1.807) is 11.3 Å². The number of ether oxygens (including phenoxy) is 3. The van der Waals surface area contributed by atoms with Gasteiger partial charge in [0.1, 0.15) is 24.0 Å². The molecule has 0 fully saturated rings. The van der Waals surface area contributed by atoms with E-state index >= 15 is 0 Å². The van der Waals surface area contributed by atoms with Crippen molar-refractivity contribution in [2.45, 2.75) is 0 Å². The van der Waals surface area contributed by atoms with Gasteiger partial charge in [0.05, 0.1) is 31.3 Å². The van der Waals surface area contributed by atoms with E-state index in [9.17, 15) is 4.39 Å². The second kappa shape index (κ2) is 11.6. The van der Waals surface area contributed by atoms with Crippen LogP contribution >= 0.6 is 11.3 Å². The van der Waals surface area contributed by atoms with Crippen LogP contribution in [0.1, 0.15) is 0 Å². The van der Waals surface area contributed by atoms with Crippen molar-refractivity contribution in [3.05, 3.63) is 54.7 Å². The van der Waals surface area contributed by atoms with Crippen molar-refractivity contribution < 1.29 is 18.6 Å². The van der Waals surface area contributed by atoms with Gasteiger partial charge in [0.25, 0.3) is 0 Å². The molecule has 0 amide bonds. The number of benzene rings is 2. The highest BCUT2D eigenvalue weighted by atomic mass is 32.1. The van der Waals surface area contributed by atoms with E-state index in [2.05, 4.69) is 34.1 Å². The normalized spacial score (nSPS) is 10.9. The highest BCUT2D eigenvalue weighted by molar-refractivity contribution is 7.18. The third-order valence-electron chi connectivity index (χ3n) is 4.37. The number of aromatic nitrogens is 1. The van der Waals surface area contributed by atoms with Crippen LogP contribution in [0.5, 0.6) is 5.75 Å². The standard InChI is InChI=1S/C23H27FN2O3S/c1-26(2)20-7-3-18(4-8-20)22-17-25-23(30-22)19-5-9-21(10-6-19)29-16-15-28-14-13-27-12-11-24/h3-10,17H,11-16H2,1-2H3. The van der Waals surface area contributed by atoms with E-state index in [1.165, 1.54) is 11.3 Å². The fraction of sp³-hybridized carbons (Fsp3) is 0.348. The Kier molecular flexibility index (Phi) is 8.62. The minimum atomic E-state index is -0.467. The van der Waals surface area contributed by atoms with Gasteiger partial charge in [0.2, 0.25) is 0 Å². The van der Waals surface area contributed by atoms with Crippen LogP contribution < -0.4 is 9.64 Å². The van der Waals surface area contributed by atoms with E-state index in [0.717, 1.165) is 21.2 Å². The lowest BCUT2D eigenvalue weighted by Crippen LogP contribution is -2.11. The molecule has 3 aromatic rings. The van der Waals surface area contributed by atoms with Crippen molar-refractivity contribution in [1.82, 2.24) is 4.98 Å². The lowest BCUT2D eigenvalue weighted by molar-refractivity contribution is 0.0325. The Morgan fingerprint density at radius 1 is 0.833 bits per heavy atom. The molecule has 1 aromatic heterocycles. The minimum absolute atomic E-state index is 0.121. The van der Waals surface area contributed by atoms with Gasteiger partial charge >= 0.3 is 0 Å². The number of anilines is 1.